The fourth-order valence-corrected chi connectivity index (χ4v) is 3.30. The highest BCUT2D eigenvalue weighted by molar-refractivity contribution is 9.10. The lowest BCUT2D eigenvalue weighted by atomic mass is 9.72. The van der Waals surface area contributed by atoms with E-state index < -0.39 is 0 Å². The van der Waals surface area contributed by atoms with Crippen LogP contribution in [-0.4, -0.2) is 18.5 Å². The third-order valence-corrected chi connectivity index (χ3v) is 5.02. The number of hydrogen-bond acceptors (Lipinski definition) is 2. The molecule has 21 heavy (non-hydrogen) atoms. The van der Waals surface area contributed by atoms with Gasteiger partial charge in [0, 0.05) is 16.1 Å². The predicted octanol–water partition coefficient (Wildman–Crippen LogP) is 3.72. The highest BCUT2D eigenvalue weighted by Gasteiger charge is 2.38. The van der Waals surface area contributed by atoms with E-state index in [9.17, 15) is 4.79 Å². The number of halogens is 1. The van der Waals surface area contributed by atoms with Gasteiger partial charge in [0.15, 0.2) is 0 Å². The molecule has 1 aliphatic rings. The van der Waals surface area contributed by atoms with Gasteiger partial charge in [0.1, 0.15) is 0 Å². The first-order valence-corrected chi connectivity index (χ1v) is 8.69. The first-order valence-electron chi connectivity index (χ1n) is 7.90. The quantitative estimate of drug-likeness (QED) is 0.784. The maximum atomic E-state index is 12.1. The highest BCUT2D eigenvalue weighted by Crippen LogP contribution is 2.41. The molecule has 0 bridgehead atoms. The number of nitrogens with one attached hydrogen (secondary N) is 2. The van der Waals surface area contributed by atoms with Gasteiger partial charge in [-0.15, -0.1) is 0 Å². The Morgan fingerprint density at radius 1 is 1.33 bits per heavy atom. The number of amides is 1. The molecule has 1 aromatic rings. The summed E-state index contributed by atoms with van der Waals surface area (Å²) in [5.41, 5.74) is 1.26. The summed E-state index contributed by atoms with van der Waals surface area (Å²) >= 11 is 3.53. The molecular weight excluding hydrogens is 328 g/mol. The molecule has 0 aliphatic heterocycles. The summed E-state index contributed by atoms with van der Waals surface area (Å²) in [6, 6.07) is 8.70. The van der Waals surface area contributed by atoms with Gasteiger partial charge in [-0.25, -0.2) is 0 Å². The summed E-state index contributed by atoms with van der Waals surface area (Å²) < 4.78 is 1.09. The summed E-state index contributed by atoms with van der Waals surface area (Å²) in [7, 11) is 0. The van der Waals surface area contributed by atoms with Crippen LogP contribution >= 0.6 is 15.9 Å². The van der Waals surface area contributed by atoms with Crippen molar-refractivity contribution in [2.45, 2.75) is 57.5 Å². The predicted molar refractivity (Wildman–Crippen MR) is 90.2 cm³/mol. The van der Waals surface area contributed by atoms with Crippen molar-refractivity contribution in [3.63, 3.8) is 0 Å². The van der Waals surface area contributed by atoms with Crippen molar-refractivity contribution in [3.8, 4) is 0 Å². The Kier molecular flexibility index (Phi) is 5.82. The Labute approximate surface area is 136 Å². The standard InChI is InChI=1S/C17H25BrN2O/c1-3-15(4-2)20-16(21)12-19-17(9-6-10-17)13-7-5-8-14(18)11-13/h5,7-8,11,15,19H,3-4,6,9-10,12H2,1-2H3,(H,20,21). The van der Waals surface area contributed by atoms with Crippen molar-refractivity contribution in [1.82, 2.24) is 10.6 Å². The summed E-state index contributed by atoms with van der Waals surface area (Å²) in [5.74, 6) is 0.102. The second kappa shape index (κ2) is 7.41. The number of carbonyl (C=O) groups excluding carboxylic acids is 1. The SMILES string of the molecule is CCC(CC)NC(=O)CNC1(c2cccc(Br)c2)CCC1. The first kappa shape index (κ1) is 16.5. The molecule has 0 atom stereocenters. The molecule has 2 rings (SSSR count). The van der Waals surface area contributed by atoms with Crippen LogP contribution in [0.2, 0.25) is 0 Å². The van der Waals surface area contributed by atoms with Gasteiger partial charge in [0.25, 0.3) is 0 Å². The van der Waals surface area contributed by atoms with E-state index in [1.54, 1.807) is 0 Å². The third-order valence-electron chi connectivity index (χ3n) is 4.52. The lowest BCUT2D eigenvalue weighted by Gasteiger charge is -2.43. The molecule has 1 fully saturated rings. The van der Waals surface area contributed by atoms with Crippen molar-refractivity contribution >= 4 is 21.8 Å². The summed E-state index contributed by atoms with van der Waals surface area (Å²) in [6.07, 6.45) is 5.38. The number of rotatable bonds is 7. The monoisotopic (exact) mass is 352 g/mol. The van der Waals surface area contributed by atoms with Crippen molar-refractivity contribution in [3.05, 3.63) is 34.3 Å². The third kappa shape index (κ3) is 4.07. The molecule has 0 unspecified atom stereocenters. The Hall–Kier alpha value is -0.870. The average molecular weight is 353 g/mol. The van der Waals surface area contributed by atoms with E-state index in [4.69, 9.17) is 0 Å². The smallest absolute Gasteiger partial charge is 0.234 e. The van der Waals surface area contributed by atoms with Crippen LogP contribution in [-0.2, 0) is 10.3 Å². The van der Waals surface area contributed by atoms with Crippen LogP contribution < -0.4 is 10.6 Å². The molecule has 1 aliphatic carbocycles. The van der Waals surface area contributed by atoms with Crippen LogP contribution in [0, 0.1) is 0 Å². The molecule has 1 aromatic carbocycles. The molecule has 0 saturated heterocycles. The molecule has 4 heteroatoms. The lowest BCUT2D eigenvalue weighted by molar-refractivity contribution is -0.121. The van der Waals surface area contributed by atoms with Crippen molar-refractivity contribution in [2.24, 2.45) is 0 Å². The van der Waals surface area contributed by atoms with Gasteiger partial charge in [0.05, 0.1) is 6.54 Å². The Balaban J connectivity index is 1.95. The zero-order valence-electron chi connectivity index (χ0n) is 12.9. The zero-order valence-corrected chi connectivity index (χ0v) is 14.5. The van der Waals surface area contributed by atoms with Crippen LogP contribution in [0.3, 0.4) is 0 Å². The number of hydrogen-bond donors (Lipinski definition) is 2. The van der Waals surface area contributed by atoms with Crippen LogP contribution in [0.1, 0.15) is 51.5 Å². The minimum Gasteiger partial charge on any atom is -0.352 e. The van der Waals surface area contributed by atoms with Crippen LogP contribution in [0.4, 0.5) is 0 Å². The molecule has 1 amide bonds. The van der Waals surface area contributed by atoms with E-state index >= 15 is 0 Å². The van der Waals surface area contributed by atoms with Gasteiger partial charge in [-0.05, 0) is 49.8 Å². The summed E-state index contributed by atoms with van der Waals surface area (Å²) in [4.78, 5) is 12.1. The van der Waals surface area contributed by atoms with Crippen LogP contribution in [0.5, 0.6) is 0 Å². The number of benzene rings is 1. The largest absolute Gasteiger partial charge is 0.352 e. The van der Waals surface area contributed by atoms with Crippen molar-refractivity contribution in [2.75, 3.05) is 6.54 Å². The second-order valence-electron chi connectivity index (χ2n) is 5.88. The first-order chi connectivity index (χ1) is 10.1. The van der Waals surface area contributed by atoms with Gasteiger partial charge < -0.3 is 5.32 Å². The Morgan fingerprint density at radius 2 is 2.05 bits per heavy atom. The van der Waals surface area contributed by atoms with Crippen LogP contribution in [0.25, 0.3) is 0 Å². The van der Waals surface area contributed by atoms with Gasteiger partial charge in [0.2, 0.25) is 5.91 Å². The van der Waals surface area contributed by atoms with E-state index in [2.05, 4.69) is 58.6 Å². The second-order valence-corrected chi connectivity index (χ2v) is 6.80. The van der Waals surface area contributed by atoms with E-state index in [0.717, 1.165) is 30.2 Å². The molecule has 3 nitrogen and oxygen atoms in total. The van der Waals surface area contributed by atoms with Gasteiger partial charge in [-0.1, -0.05) is 41.9 Å². The van der Waals surface area contributed by atoms with Gasteiger partial charge >= 0.3 is 0 Å². The zero-order chi connectivity index (χ0) is 15.3. The molecule has 0 heterocycles. The maximum Gasteiger partial charge on any atom is 0.234 e. The van der Waals surface area contributed by atoms with E-state index in [1.807, 2.05) is 6.07 Å². The Morgan fingerprint density at radius 3 is 2.57 bits per heavy atom. The normalized spacial score (nSPS) is 16.6. The van der Waals surface area contributed by atoms with Crippen LogP contribution in [0.15, 0.2) is 28.7 Å². The van der Waals surface area contributed by atoms with E-state index in [-0.39, 0.29) is 11.4 Å². The van der Waals surface area contributed by atoms with E-state index in [0.29, 0.717) is 12.6 Å². The Bertz CT molecular complexity index is 481. The molecule has 0 aromatic heterocycles. The van der Waals surface area contributed by atoms with E-state index in [1.165, 1.54) is 12.0 Å². The molecular formula is C17H25BrN2O. The summed E-state index contributed by atoms with van der Waals surface area (Å²) in [6.45, 7) is 4.61. The lowest BCUT2D eigenvalue weighted by Crippen LogP contribution is -2.52. The molecule has 1 saturated carbocycles. The average Bonchev–Trinajstić information content (AvgIpc) is 2.43. The fraction of sp³-hybridized carbons (Fsp3) is 0.588. The van der Waals surface area contributed by atoms with Gasteiger partial charge in [-0.2, -0.15) is 0 Å². The highest BCUT2D eigenvalue weighted by atomic mass is 79.9. The molecule has 2 N–H and O–H groups in total. The molecule has 0 radical (unpaired) electrons. The van der Waals surface area contributed by atoms with Gasteiger partial charge in [-0.3, -0.25) is 10.1 Å². The minimum atomic E-state index is -0.0188. The summed E-state index contributed by atoms with van der Waals surface area (Å²) in [5, 5.41) is 6.59. The minimum absolute atomic E-state index is 0.0188. The topological polar surface area (TPSA) is 41.1 Å². The maximum absolute atomic E-state index is 12.1. The molecule has 0 spiro atoms. The van der Waals surface area contributed by atoms with Crippen molar-refractivity contribution < 1.29 is 4.79 Å². The van der Waals surface area contributed by atoms with Crippen molar-refractivity contribution in [1.29, 1.82) is 0 Å². The molecule has 116 valence electrons. The fourth-order valence-electron chi connectivity index (χ4n) is 2.90. The number of carbonyl (C=O) groups is 1.